The van der Waals surface area contributed by atoms with Crippen LogP contribution in [0.3, 0.4) is 0 Å². The van der Waals surface area contributed by atoms with Crippen molar-refractivity contribution in [2.75, 3.05) is 13.2 Å². The predicted molar refractivity (Wildman–Crippen MR) is 82.8 cm³/mol. The lowest BCUT2D eigenvalue weighted by Crippen LogP contribution is -2.08. The molecule has 0 amide bonds. The highest BCUT2D eigenvalue weighted by atomic mass is 35.5. The van der Waals surface area contributed by atoms with Crippen LogP contribution in [0.1, 0.15) is 22.3 Å². The Morgan fingerprint density at radius 2 is 1.95 bits per heavy atom. The summed E-state index contributed by atoms with van der Waals surface area (Å²) < 4.78 is 5.65. The van der Waals surface area contributed by atoms with E-state index in [2.05, 4.69) is 42.2 Å². The van der Waals surface area contributed by atoms with Gasteiger partial charge in [-0.25, -0.2) is 4.99 Å². The van der Waals surface area contributed by atoms with Crippen LogP contribution in [0, 0.1) is 6.92 Å². The van der Waals surface area contributed by atoms with E-state index in [1.54, 1.807) is 0 Å². The van der Waals surface area contributed by atoms with E-state index in [4.69, 9.17) is 16.3 Å². The van der Waals surface area contributed by atoms with E-state index in [0.29, 0.717) is 6.61 Å². The third kappa shape index (κ3) is 2.70. The SMILES string of the molecule is Cc1cccc(Cc2ccc(Cl)cc2)c1C1=NCCO1. The highest BCUT2D eigenvalue weighted by Crippen LogP contribution is 2.22. The van der Waals surface area contributed by atoms with Crippen LogP contribution in [0.25, 0.3) is 0 Å². The summed E-state index contributed by atoms with van der Waals surface area (Å²) in [4.78, 5) is 4.46. The van der Waals surface area contributed by atoms with Crippen LogP contribution in [0.15, 0.2) is 47.5 Å². The minimum Gasteiger partial charge on any atom is -0.475 e. The summed E-state index contributed by atoms with van der Waals surface area (Å²) in [7, 11) is 0. The smallest absolute Gasteiger partial charge is 0.216 e. The van der Waals surface area contributed by atoms with Gasteiger partial charge in [0.1, 0.15) is 6.61 Å². The number of rotatable bonds is 3. The molecular weight excluding hydrogens is 270 g/mol. The fourth-order valence-electron chi connectivity index (χ4n) is 2.49. The molecule has 0 bridgehead atoms. The lowest BCUT2D eigenvalue weighted by atomic mass is 9.96. The van der Waals surface area contributed by atoms with Crippen LogP contribution in [0.2, 0.25) is 5.02 Å². The molecule has 3 rings (SSSR count). The first-order valence-electron chi connectivity index (χ1n) is 6.74. The van der Waals surface area contributed by atoms with Crippen LogP contribution in [-0.2, 0) is 11.2 Å². The van der Waals surface area contributed by atoms with Crippen molar-refractivity contribution in [2.24, 2.45) is 4.99 Å². The molecule has 0 unspecified atom stereocenters. The molecule has 0 saturated heterocycles. The van der Waals surface area contributed by atoms with E-state index < -0.39 is 0 Å². The van der Waals surface area contributed by atoms with Crippen LogP contribution in [0.4, 0.5) is 0 Å². The van der Waals surface area contributed by atoms with Crippen molar-refractivity contribution in [2.45, 2.75) is 13.3 Å². The van der Waals surface area contributed by atoms with Gasteiger partial charge in [-0.3, -0.25) is 0 Å². The Kier molecular flexibility index (Phi) is 3.75. The maximum Gasteiger partial charge on any atom is 0.216 e. The highest BCUT2D eigenvalue weighted by Gasteiger charge is 2.17. The molecule has 0 fully saturated rings. The summed E-state index contributed by atoms with van der Waals surface area (Å²) in [6.07, 6.45) is 0.858. The van der Waals surface area contributed by atoms with Gasteiger partial charge in [0, 0.05) is 10.6 Å². The number of halogens is 1. The summed E-state index contributed by atoms with van der Waals surface area (Å²) in [6.45, 7) is 3.54. The van der Waals surface area contributed by atoms with E-state index in [1.165, 1.54) is 16.7 Å². The summed E-state index contributed by atoms with van der Waals surface area (Å²) >= 11 is 5.94. The van der Waals surface area contributed by atoms with Gasteiger partial charge in [-0.05, 0) is 42.2 Å². The molecule has 3 heteroatoms. The first kappa shape index (κ1) is 13.2. The maximum atomic E-state index is 5.94. The van der Waals surface area contributed by atoms with Gasteiger partial charge < -0.3 is 4.74 Å². The number of nitrogens with zero attached hydrogens (tertiary/aromatic N) is 1. The van der Waals surface area contributed by atoms with Crippen LogP contribution in [0.5, 0.6) is 0 Å². The van der Waals surface area contributed by atoms with Gasteiger partial charge in [0.05, 0.1) is 6.54 Å². The van der Waals surface area contributed by atoms with Crippen molar-refractivity contribution in [3.05, 3.63) is 69.7 Å². The standard InChI is InChI=1S/C17H16ClNO/c1-12-3-2-4-14(16(12)17-19-9-10-20-17)11-13-5-7-15(18)8-6-13/h2-8H,9-11H2,1H3. The van der Waals surface area contributed by atoms with Crippen molar-refractivity contribution in [1.82, 2.24) is 0 Å². The van der Waals surface area contributed by atoms with Gasteiger partial charge in [0.15, 0.2) is 0 Å². The van der Waals surface area contributed by atoms with E-state index in [1.807, 2.05) is 12.1 Å². The third-order valence-electron chi connectivity index (χ3n) is 3.47. The number of aliphatic imine (C=N–C) groups is 1. The average Bonchev–Trinajstić information content (AvgIpc) is 2.95. The summed E-state index contributed by atoms with van der Waals surface area (Å²) in [5.41, 5.74) is 4.82. The van der Waals surface area contributed by atoms with E-state index in [9.17, 15) is 0 Å². The van der Waals surface area contributed by atoms with Crippen molar-refractivity contribution in [3.63, 3.8) is 0 Å². The summed E-state index contributed by atoms with van der Waals surface area (Å²) in [5, 5.41) is 0.765. The van der Waals surface area contributed by atoms with Crippen LogP contribution < -0.4 is 0 Å². The molecule has 1 aliphatic rings. The van der Waals surface area contributed by atoms with E-state index >= 15 is 0 Å². The zero-order valence-corrected chi connectivity index (χ0v) is 12.2. The van der Waals surface area contributed by atoms with Crippen molar-refractivity contribution in [1.29, 1.82) is 0 Å². The normalized spacial score (nSPS) is 14.0. The predicted octanol–water partition coefficient (Wildman–Crippen LogP) is 4.02. The Morgan fingerprint density at radius 3 is 2.65 bits per heavy atom. The molecule has 20 heavy (non-hydrogen) atoms. The second-order valence-electron chi connectivity index (χ2n) is 4.95. The van der Waals surface area contributed by atoms with Crippen LogP contribution in [-0.4, -0.2) is 19.0 Å². The molecule has 0 radical (unpaired) electrons. The zero-order chi connectivity index (χ0) is 13.9. The van der Waals surface area contributed by atoms with Gasteiger partial charge in [-0.1, -0.05) is 41.9 Å². The molecule has 0 atom stereocenters. The number of aryl methyl sites for hydroxylation is 1. The molecule has 1 heterocycles. The number of hydrogen-bond donors (Lipinski definition) is 0. The second kappa shape index (κ2) is 5.68. The summed E-state index contributed by atoms with van der Waals surface area (Å²) in [6, 6.07) is 14.3. The Morgan fingerprint density at radius 1 is 1.15 bits per heavy atom. The number of ether oxygens (including phenoxy) is 1. The molecular formula is C17H16ClNO. The topological polar surface area (TPSA) is 21.6 Å². The average molecular weight is 286 g/mol. The summed E-state index contributed by atoms with van der Waals surface area (Å²) in [5.74, 6) is 0.784. The van der Waals surface area contributed by atoms with Crippen molar-refractivity contribution in [3.8, 4) is 0 Å². The van der Waals surface area contributed by atoms with Crippen molar-refractivity contribution < 1.29 is 4.74 Å². The molecule has 2 nitrogen and oxygen atoms in total. The highest BCUT2D eigenvalue weighted by molar-refractivity contribution is 6.30. The van der Waals surface area contributed by atoms with E-state index in [0.717, 1.165) is 29.4 Å². The monoisotopic (exact) mass is 285 g/mol. The number of benzene rings is 2. The molecule has 0 aliphatic carbocycles. The molecule has 2 aromatic rings. The fraction of sp³-hybridized carbons (Fsp3) is 0.235. The van der Waals surface area contributed by atoms with Gasteiger partial charge in [0.25, 0.3) is 0 Å². The second-order valence-corrected chi connectivity index (χ2v) is 5.38. The van der Waals surface area contributed by atoms with Gasteiger partial charge >= 0.3 is 0 Å². The largest absolute Gasteiger partial charge is 0.475 e. The quantitative estimate of drug-likeness (QED) is 0.835. The first-order valence-corrected chi connectivity index (χ1v) is 7.12. The lowest BCUT2D eigenvalue weighted by Gasteiger charge is -2.12. The molecule has 0 N–H and O–H groups in total. The minimum absolute atomic E-state index is 0.685. The lowest BCUT2D eigenvalue weighted by molar-refractivity contribution is 0.348. The Balaban J connectivity index is 1.96. The first-order chi connectivity index (χ1) is 9.74. The van der Waals surface area contributed by atoms with Crippen molar-refractivity contribution >= 4 is 17.5 Å². The van der Waals surface area contributed by atoms with Gasteiger partial charge in [-0.2, -0.15) is 0 Å². The van der Waals surface area contributed by atoms with Gasteiger partial charge in [-0.15, -0.1) is 0 Å². The Labute approximate surface area is 124 Å². The number of hydrogen-bond acceptors (Lipinski definition) is 2. The third-order valence-corrected chi connectivity index (χ3v) is 3.72. The zero-order valence-electron chi connectivity index (χ0n) is 11.4. The van der Waals surface area contributed by atoms with Gasteiger partial charge in [0.2, 0.25) is 5.90 Å². The van der Waals surface area contributed by atoms with Crippen LogP contribution >= 0.6 is 11.6 Å². The Hall–Kier alpha value is -1.80. The fourth-order valence-corrected chi connectivity index (χ4v) is 2.62. The molecule has 0 spiro atoms. The van der Waals surface area contributed by atoms with E-state index in [-0.39, 0.29) is 0 Å². The molecule has 1 aliphatic heterocycles. The Bertz CT molecular complexity index is 647. The molecule has 2 aromatic carbocycles. The molecule has 0 aromatic heterocycles. The maximum absolute atomic E-state index is 5.94. The minimum atomic E-state index is 0.685. The molecule has 102 valence electrons. The molecule has 0 saturated carbocycles.